The van der Waals surface area contributed by atoms with Gasteiger partial charge < -0.3 is 20.1 Å². The highest BCUT2D eigenvalue weighted by Gasteiger charge is 2.66. The summed E-state index contributed by atoms with van der Waals surface area (Å²) in [6.07, 6.45) is 1.86. The highest BCUT2D eigenvalue weighted by atomic mass is 16.6. The standard InChI is InChI=1S/C20H30O5/c1-10-7-13-12(18(13,3)4)5-6-19(9-25-19)17(23)14-15(21)11(2)8-20(14,24)16(10)22/h7,11-15,17,21,23-24H,5-6,8-9H2,1-4H3/b10-7+/t11-,12-,13+,14+,15-,17-,19+,20+/m1/s1. The molecule has 25 heavy (non-hydrogen) atoms. The van der Waals surface area contributed by atoms with E-state index in [1.807, 2.05) is 13.0 Å². The van der Waals surface area contributed by atoms with E-state index in [1.54, 1.807) is 6.92 Å². The molecule has 2 saturated carbocycles. The lowest BCUT2D eigenvalue weighted by Gasteiger charge is -2.36. The zero-order chi connectivity index (χ0) is 18.4. The van der Waals surface area contributed by atoms with Crippen molar-refractivity contribution < 1.29 is 24.9 Å². The number of aliphatic hydroxyl groups excluding tert-OH is 2. The van der Waals surface area contributed by atoms with E-state index >= 15 is 0 Å². The summed E-state index contributed by atoms with van der Waals surface area (Å²) in [6, 6.07) is 0. The first-order valence-corrected chi connectivity index (χ1v) is 9.50. The van der Waals surface area contributed by atoms with Gasteiger partial charge in [-0.25, -0.2) is 0 Å². The molecule has 0 aromatic rings. The molecule has 3 fully saturated rings. The van der Waals surface area contributed by atoms with Gasteiger partial charge >= 0.3 is 0 Å². The number of hydrogen-bond acceptors (Lipinski definition) is 5. The number of carbonyl (C=O) groups is 1. The van der Waals surface area contributed by atoms with Gasteiger partial charge in [0, 0.05) is 0 Å². The SMILES string of the molecule is C/C1=C\[C@H]2[C@@H](CC[C@]3(CO3)[C@H](O)[C@@H]3[C@H](O)[C@H](C)C[C@@]3(O)C1=O)C2(C)C. The van der Waals surface area contributed by atoms with Crippen LogP contribution >= 0.6 is 0 Å². The van der Waals surface area contributed by atoms with Gasteiger partial charge in [0.05, 0.1) is 24.7 Å². The fourth-order valence-corrected chi connectivity index (χ4v) is 5.71. The van der Waals surface area contributed by atoms with Gasteiger partial charge in [-0.15, -0.1) is 0 Å². The zero-order valence-electron chi connectivity index (χ0n) is 15.5. The van der Waals surface area contributed by atoms with E-state index in [-0.39, 0.29) is 23.5 Å². The molecule has 4 aliphatic rings. The second kappa shape index (κ2) is 5.16. The molecule has 5 heteroatoms. The molecule has 3 aliphatic carbocycles. The van der Waals surface area contributed by atoms with Crippen LogP contribution < -0.4 is 0 Å². The molecular formula is C20H30O5. The molecule has 0 amide bonds. The summed E-state index contributed by atoms with van der Waals surface area (Å²) in [4.78, 5) is 13.1. The minimum Gasteiger partial charge on any atom is -0.392 e. The quantitative estimate of drug-likeness (QED) is 0.575. The zero-order valence-corrected chi connectivity index (χ0v) is 15.5. The summed E-state index contributed by atoms with van der Waals surface area (Å²) in [5.74, 6) is -0.721. The molecule has 3 N–H and O–H groups in total. The van der Waals surface area contributed by atoms with Crippen molar-refractivity contribution in [1.82, 2.24) is 0 Å². The van der Waals surface area contributed by atoms with Gasteiger partial charge in [0.2, 0.25) is 0 Å². The van der Waals surface area contributed by atoms with Crippen LogP contribution in [0.5, 0.6) is 0 Å². The average molecular weight is 350 g/mol. The first-order valence-electron chi connectivity index (χ1n) is 9.50. The molecule has 0 aromatic carbocycles. The number of allylic oxidation sites excluding steroid dienone is 1. The van der Waals surface area contributed by atoms with Crippen LogP contribution in [-0.4, -0.2) is 51.1 Å². The van der Waals surface area contributed by atoms with Crippen LogP contribution in [-0.2, 0) is 9.53 Å². The first-order chi connectivity index (χ1) is 11.5. The Morgan fingerprint density at radius 1 is 1.28 bits per heavy atom. The van der Waals surface area contributed by atoms with Gasteiger partial charge in [-0.05, 0) is 54.9 Å². The monoisotopic (exact) mass is 350 g/mol. The van der Waals surface area contributed by atoms with Gasteiger partial charge in [0.1, 0.15) is 11.2 Å². The number of epoxide rings is 1. The second-order valence-corrected chi connectivity index (χ2v) is 9.59. The van der Waals surface area contributed by atoms with Gasteiger partial charge in [-0.1, -0.05) is 26.8 Å². The lowest BCUT2D eigenvalue weighted by Crippen LogP contribution is -2.54. The van der Waals surface area contributed by atoms with Crippen molar-refractivity contribution in [2.45, 2.75) is 70.4 Å². The van der Waals surface area contributed by atoms with Crippen LogP contribution in [0.15, 0.2) is 11.6 Å². The highest BCUT2D eigenvalue weighted by Crippen LogP contribution is 2.63. The molecule has 0 aromatic heterocycles. The van der Waals surface area contributed by atoms with Crippen LogP contribution in [0.1, 0.15) is 47.0 Å². The Kier molecular flexibility index (Phi) is 3.64. The predicted molar refractivity (Wildman–Crippen MR) is 91.7 cm³/mol. The maximum atomic E-state index is 13.1. The lowest BCUT2D eigenvalue weighted by atomic mass is 9.75. The van der Waals surface area contributed by atoms with E-state index in [9.17, 15) is 20.1 Å². The van der Waals surface area contributed by atoms with E-state index in [1.165, 1.54) is 0 Å². The number of fused-ring (bicyclic) bond motifs is 2. The lowest BCUT2D eigenvalue weighted by molar-refractivity contribution is -0.150. The largest absolute Gasteiger partial charge is 0.392 e. The van der Waals surface area contributed by atoms with Crippen LogP contribution in [0.3, 0.4) is 0 Å². The van der Waals surface area contributed by atoms with Gasteiger partial charge in [-0.2, -0.15) is 0 Å². The van der Waals surface area contributed by atoms with Gasteiger partial charge in [0.15, 0.2) is 5.78 Å². The molecule has 5 nitrogen and oxygen atoms in total. The fraction of sp³-hybridized carbons (Fsp3) is 0.850. The van der Waals surface area contributed by atoms with Crippen molar-refractivity contribution in [3.63, 3.8) is 0 Å². The second-order valence-electron chi connectivity index (χ2n) is 9.59. The fourth-order valence-electron chi connectivity index (χ4n) is 5.71. The normalized spacial score (nSPS) is 56.4. The van der Waals surface area contributed by atoms with Crippen molar-refractivity contribution in [3.05, 3.63) is 11.6 Å². The minimum atomic E-state index is -1.73. The predicted octanol–water partition coefficient (Wildman–Crippen LogP) is 1.45. The average Bonchev–Trinajstić information content (AvgIpc) is 3.39. The Balaban J connectivity index is 1.78. The number of Topliss-reactive ketones (excluding diaryl/α,β-unsaturated/α-hetero) is 1. The number of hydrogen-bond donors (Lipinski definition) is 3. The first kappa shape index (κ1) is 17.7. The number of ketones is 1. The number of aliphatic hydroxyl groups is 3. The smallest absolute Gasteiger partial charge is 0.190 e. The summed E-state index contributed by atoms with van der Waals surface area (Å²) in [6.45, 7) is 8.42. The van der Waals surface area contributed by atoms with E-state index in [2.05, 4.69) is 13.8 Å². The van der Waals surface area contributed by atoms with Crippen molar-refractivity contribution in [2.75, 3.05) is 6.61 Å². The third kappa shape index (κ3) is 2.32. The Hall–Kier alpha value is -0.750. The van der Waals surface area contributed by atoms with Crippen LogP contribution in [0, 0.1) is 29.1 Å². The molecule has 8 atom stereocenters. The molecule has 0 radical (unpaired) electrons. The third-order valence-electron chi connectivity index (χ3n) is 7.73. The summed E-state index contributed by atoms with van der Waals surface area (Å²) >= 11 is 0. The maximum absolute atomic E-state index is 13.1. The number of rotatable bonds is 0. The van der Waals surface area contributed by atoms with E-state index in [0.717, 1.165) is 6.42 Å². The van der Waals surface area contributed by atoms with E-state index < -0.39 is 29.3 Å². The van der Waals surface area contributed by atoms with Crippen molar-refractivity contribution in [2.24, 2.45) is 29.1 Å². The molecule has 1 heterocycles. The van der Waals surface area contributed by atoms with Gasteiger partial charge in [0.25, 0.3) is 0 Å². The molecule has 0 bridgehead atoms. The Bertz CT molecular complexity index is 634. The molecular weight excluding hydrogens is 320 g/mol. The van der Waals surface area contributed by atoms with Gasteiger partial charge in [-0.3, -0.25) is 4.79 Å². The molecule has 1 aliphatic heterocycles. The number of carbonyl (C=O) groups excluding carboxylic acids is 1. The third-order valence-corrected chi connectivity index (χ3v) is 7.73. The van der Waals surface area contributed by atoms with Crippen LogP contribution in [0.25, 0.3) is 0 Å². The van der Waals surface area contributed by atoms with E-state index in [0.29, 0.717) is 30.4 Å². The summed E-state index contributed by atoms with van der Waals surface area (Å²) in [7, 11) is 0. The molecule has 140 valence electrons. The molecule has 0 unspecified atom stereocenters. The summed E-state index contributed by atoms with van der Waals surface area (Å²) < 4.78 is 5.66. The number of ether oxygens (including phenoxy) is 1. The highest BCUT2D eigenvalue weighted by molar-refractivity contribution is 6.02. The Morgan fingerprint density at radius 2 is 1.92 bits per heavy atom. The molecule has 4 rings (SSSR count). The van der Waals surface area contributed by atoms with Crippen molar-refractivity contribution in [1.29, 1.82) is 0 Å². The van der Waals surface area contributed by atoms with Crippen LogP contribution in [0.4, 0.5) is 0 Å². The Labute approximate surface area is 149 Å². The molecule has 1 saturated heterocycles. The Morgan fingerprint density at radius 3 is 2.52 bits per heavy atom. The topological polar surface area (TPSA) is 90.3 Å². The van der Waals surface area contributed by atoms with Crippen molar-refractivity contribution in [3.8, 4) is 0 Å². The summed E-state index contributed by atoms with van der Waals surface area (Å²) in [5, 5.41) is 33.0. The molecule has 1 spiro atoms. The summed E-state index contributed by atoms with van der Waals surface area (Å²) in [5.41, 5.74) is -1.76. The van der Waals surface area contributed by atoms with E-state index in [4.69, 9.17) is 4.74 Å². The van der Waals surface area contributed by atoms with Crippen LogP contribution in [0.2, 0.25) is 0 Å². The van der Waals surface area contributed by atoms with Crippen molar-refractivity contribution >= 4 is 5.78 Å². The minimum absolute atomic E-state index is 0.131. The maximum Gasteiger partial charge on any atom is 0.190 e.